The molecule has 1 heterocycles. The van der Waals surface area contributed by atoms with Crippen molar-refractivity contribution >= 4 is 16.8 Å². The minimum atomic E-state index is -0.135. The highest BCUT2D eigenvalue weighted by atomic mass is 16.3. The molecule has 0 spiro atoms. The maximum atomic E-state index is 13.2. The standard InChI is InChI=1S/C27H18O3/c28-22-16-14-19(15-17-22)18-10-12-20(13-11-18)25-23-8-4-5-9-24(23)30-27(25)26(29)21-6-2-1-3-7-21/h1-17,28H. The fraction of sp³-hybridized carbons (Fsp3) is 0. The van der Waals surface area contributed by atoms with E-state index in [0.29, 0.717) is 16.9 Å². The molecule has 30 heavy (non-hydrogen) atoms. The zero-order chi connectivity index (χ0) is 20.5. The number of ketones is 1. The van der Waals surface area contributed by atoms with Gasteiger partial charge in [-0.1, -0.05) is 84.9 Å². The molecule has 0 bridgehead atoms. The van der Waals surface area contributed by atoms with Crippen molar-refractivity contribution in [2.24, 2.45) is 0 Å². The molecule has 144 valence electrons. The lowest BCUT2D eigenvalue weighted by Crippen LogP contribution is -2.01. The summed E-state index contributed by atoms with van der Waals surface area (Å²) >= 11 is 0. The van der Waals surface area contributed by atoms with E-state index in [1.165, 1.54) is 0 Å². The van der Waals surface area contributed by atoms with Crippen molar-refractivity contribution in [3.05, 3.63) is 114 Å². The Balaban J connectivity index is 1.63. The van der Waals surface area contributed by atoms with Gasteiger partial charge in [0.1, 0.15) is 11.3 Å². The number of para-hydroxylation sites is 1. The van der Waals surface area contributed by atoms with Gasteiger partial charge in [-0.2, -0.15) is 0 Å². The molecule has 4 aromatic carbocycles. The number of carbonyl (C=O) groups excluding carboxylic acids is 1. The van der Waals surface area contributed by atoms with Gasteiger partial charge in [-0.15, -0.1) is 0 Å². The number of rotatable bonds is 4. The van der Waals surface area contributed by atoms with E-state index in [9.17, 15) is 9.90 Å². The van der Waals surface area contributed by atoms with Crippen molar-refractivity contribution in [2.75, 3.05) is 0 Å². The second kappa shape index (κ2) is 7.37. The number of fused-ring (bicyclic) bond motifs is 1. The minimum Gasteiger partial charge on any atom is -0.508 e. The number of hydrogen-bond donors (Lipinski definition) is 1. The summed E-state index contributed by atoms with van der Waals surface area (Å²) in [4.78, 5) is 13.2. The van der Waals surface area contributed by atoms with Crippen molar-refractivity contribution < 1.29 is 14.3 Å². The molecular weight excluding hydrogens is 372 g/mol. The normalized spacial score (nSPS) is 10.9. The zero-order valence-electron chi connectivity index (χ0n) is 16.1. The minimum absolute atomic E-state index is 0.135. The molecule has 1 N–H and O–H groups in total. The molecule has 3 nitrogen and oxygen atoms in total. The summed E-state index contributed by atoms with van der Waals surface area (Å²) < 4.78 is 6.02. The Labute approximate surface area is 173 Å². The van der Waals surface area contributed by atoms with Crippen LogP contribution in [-0.2, 0) is 0 Å². The lowest BCUT2D eigenvalue weighted by molar-refractivity contribution is 0.101. The molecular formula is C27H18O3. The van der Waals surface area contributed by atoms with Gasteiger partial charge in [0.25, 0.3) is 0 Å². The van der Waals surface area contributed by atoms with E-state index in [-0.39, 0.29) is 11.5 Å². The summed E-state index contributed by atoms with van der Waals surface area (Å²) in [5.41, 5.74) is 5.05. The molecule has 0 saturated carbocycles. The molecule has 0 aliphatic carbocycles. The van der Waals surface area contributed by atoms with E-state index in [0.717, 1.165) is 27.6 Å². The molecule has 0 radical (unpaired) electrons. The molecule has 0 amide bonds. The summed E-state index contributed by atoms with van der Waals surface area (Å²) in [6.45, 7) is 0. The molecule has 0 aliphatic heterocycles. The first-order valence-electron chi connectivity index (χ1n) is 9.72. The number of benzene rings is 4. The van der Waals surface area contributed by atoms with Crippen LogP contribution in [0.2, 0.25) is 0 Å². The van der Waals surface area contributed by atoms with Crippen molar-refractivity contribution in [2.45, 2.75) is 0 Å². The number of phenolic OH excluding ortho intramolecular Hbond substituents is 1. The fourth-order valence-electron chi connectivity index (χ4n) is 3.70. The lowest BCUT2D eigenvalue weighted by atomic mass is 9.96. The molecule has 0 aliphatic rings. The molecule has 5 rings (SSSR count). The molecule has 0 unspecified atom stereocenters. The highest BCUT2D eigenvalue weighted by Gasteiger charge is 2.22. The second-order valence-corrected chi connectivity index (χ2v) is 7.12. The topological polar surface area (TPSA) is 50.4 Å². The van der Waals surface area contributed by atoms with Crippen molar-refractivity contribution in [3.63, 3.8) is 0 Å². The van der Waals surface area contributed by atoms with Crippen molar-refractivity contribution in [1.82, 2.24) is 0 Å². The van der Waals surface area contributed by atoms with Crippen molar-refractivity contribution in [3.8, 4) is 28.0 Å². The van der Waals surface area contributed by atoms with E-state index in [4.69, 9.17) is 4.42 Å². The third kappa shape index (κ3) is 3.16. The average molecular weight is 390 g/mol. The van der Waals surface area contributed by atoms with Gasteiger partial charge in [-0.05, 0) is 34.9 Å². The summed E-state index contributed by atoms with van der Waals surface area (Å²) in [7, 11) is 0. The Bertz CT molecular complexity index is 1330. The summed E-state index contributed by atoms with van der Waals surface area (Å²) in [5.74, 6) is 0.452. The Morgan fingerprint density at radius 2 is 1.20 bits per heavy atom. The van der Waals surface area contributed by atoms with Gasteiger partial charge in [0.2, 0.25) is 5.78 Å². The van der Waals surface area contributed by atoms with Crippen LogP contribution in [0.15, 0.2) is 108 Å². The maximum absolute atomic E-state index is 13.2. The zero-order valence-corrected chi connectivity index (χ0v) is 16.1. The van der Waals surface area contributed by atoms with E-state index >= 15 is 0 Å². The molecule has 1 aromatic heterocycles. The fourth-order valence-corrected chi connectivity index (χ4v) is 3.70. The summed E-state index contributed by atoms with van der Waals surface area (Å²) in [6, 6.07) is 32.0. The molecule has 0 fully saturated rings. The van der Waals surface area contributed by atoms with Crippen molar-refractivity contribution in [1.29, 1.82) is 0 Å². The van der Waals surface area contributed by atoms with Gasteiger partial charge in [-0.3, -0.25) is 4.79 Å². The third-order valence-electron chi connectivity index (χ3n) is 5.21. The average Bonchev–Trinajstić information content (AvgIpc) is 3.19. The van der Waals surface area contributed by atoms with Gasteiger partial charge < -0.3 is 9.52 Å². The highest BCUT2D eigenvalue weighted by molar-refractivity contribution is 6.15. The number of hydrogen-bond acceptors (Lipinski definition) is 3. The monoisotopic (exact) mass is 390 g/mol. The predicted octanol–water partition coefficient (Wildman–Crippen LogP) is 6.70. The first-order chi connectivity index (χ1) is 14.7. The molecule has 0 saturated heterocycles. The Morgan fingerprint density at radius 3 is 1.90 bits per heavy atom. The van der Waals surface area contributed by atoms with Crippen LogP contribution >= 0.6 is 0 Å². The highest BCUT2D eigenvalue weighted by Crippen LogP contribution is 2.37. The molecule has 0 atom stereocenters. The van der Waals surface area contributed by atoms with E-state index < -0.39 is 0 Å². The van der Waals surface area contributed by atoms with Crippen LogP contribution in [0.5, 0.6) is 5.75 Å². The summed E-state index contributed by atoms with van der Waals surface area (Å²) in [6.07, 6.45) is 0. The van der Waals surface area contributed by atoms with Gasteiger partial charge in [0, 0.05) is 16.5 Å². The van der Waals surface area contributed by atoms with E-state index in [1.807, 2.05) is 78.9 Å². The van der Waals surface area contributed by atoms with Gasteiger partial charge >= 0.3 is 0 Å². The van der Waals surface area contributed by atoms with Gasteiger partial charge in [0.05, 0.1) is 0 Å². The quantitative estimate of drug-likeness (QED) is 0.347. The van der Waals surface area contributed by atoms with Gasteiger partial charge in [0.15, 0.2) is 5.76 Å². The predicted molar refractivity (Wildman–Crippen MR) is 119 cm³/mol. The van der Waals surface area contributed by atoms with E-state index in [1.54, 1.807) is 24.3 Å². The van der Waals surface area contributed by atoms with Gasteiger partial charge in [-0.25, -0.2) is 0 Å². The molecule has 3 heteroatoms. The largest absolute Gasteiger partial charge is 0.508 e. The second-order valence-electron chi connectivity index (χ2n) is 7.12. The Morgan fingerprint density at radius 1 is 0.633 bits per heavy atom. The first kappa shape index (κ1) is 18.0. The van der Waals surface area contributed by atoms with Crippen LogP contribution in [-0.4, -0.2) is 10.9 Å². The van der Waals surface area contributed by atoms with Crippen LogP contribution in [0.4, 0.5) is 0 Å². The first-order valence-corrected chi connectivity index (χ1v) is 9.72. The SMILES string of the molecule is O=C(c1ccccc1)c1oc2ccccc2c1-c1ccc(-c2ccc(O)cc2)cc1. The lowest BCUT2D eigenvalue weighted by Gasteiger charge is -2.06. The van der Waals surface area contributed by atoms with E-state index in [2.05, 4.69) is 0 Å². The third-order valence-corrected chi connectivity index (χ3v) is 5.21. The number of carbonyl (C=O) groups is 1. The Hall–Kier alpha value is -4.11. The smallest absolute Gasteiger partial charge is 0.228 e. The van der Waals surface area contributed by atoms with Crippen LogP contribution in [0.1, 0.15) is 16.1 Å². The van der Waals surface area contributed by atoms with Crippen LogP contribution in [0.3, 0.4) is 0 Å². The number of aromatic hydroxyl groups is 1. The number of phenols is 1. The number of furan rings is 1. The van der Waals surface area contributed by atoms with Crippen LogP contribution in [0.25, 0.3) is 33.2 Å². The Kier molecular flexibility index (Phi) is 4.41. The van der Waals surface area contributed by atoms with Crippen LogP contribution < -0.4 is 0 Å². The summed E-state index contributed by atoms with van der Waals surface area (Å²) in [5, 5.41) is 10.4. The maximum Gasteiger partial charge on any atom is 0.228 e. The molecule has 5 aromatic rings. The van der Waals surface area contributed by atoms with Crippen LogP contribution in [0, 0.1) is 0 Å².